The second-order valence-corrected chi connectivity index (χ2v) is 8.97. The first kappa shape index (κ1) is 26.8. The first-order valence-electron chi connectivity index (χ1n) is 13.0. The maximum atomic E-state index is 12.7. The highest BCUT2D eigenvalue weighted by atomic mass is 16.5. The van der Waals surface area contributed by atoms with Gasteiger partial charge in [0, 0.05) is 24.3 Å². The molecule has 0 spiro atoms. The minimum Gasteiger partial charge on any atom is -0.495 e. The molecule has 7 heteroatoms. The molecular formula is C31H34N2O5. The molecule has 198 valence electrons. The zero-order valence-corrected chi connectivity index (χ0v) is 21.9. The second-order valence-electron chi connectivity index (χ2n) is 8.97. The molecule has 1 amide bonds. The fourth-order valence-corrected chi connectivity index (χ4v) is 4.35. The van der Waals surface area contributed by atoms with Gasteiger partial charge in [0.25, 0.3) is 5.91 Å². The maximum absolute atomic E-state index is 12.7. The lowest BCUT2D eigenvalue weighted by molar-refractivity contribution is -0.118. The largest absolute Gasteiger partial charge is 0.495 e. The smallest absolute Gasteiger partial charge is 0.262 e. The number of amides is 1. The number of rotatable bonds is 11. The summed E-state index contributed by atoms with van der Waals surface area (Å²) in [7, 11) is 1.55. The molecule has 38 heavy (non-hydrogen) atoms. The summed E-state index contributed by atoms with van der Waals surface area (Å²) in [5.74, 6) is 1.12. The highest BCUT2D eigenvalue weighted by Gasteiger charge is 2.13. The lowest BCUT2D eigenvalue weighted by atomic mass is 10.1. The molecule has 0 aliphatic carbocycles. The lowest BCUT2D eigenvalue weighted by Gasteiger charge is -2.28. The van der Waals surface area contributed by atoms with E-state index in [9.17, 15) is 9.59 Å². The molecule has 0 atom stereocenters. The molecule has 3 aromatic rings. The van der Waals surface area contributed by atoms with E-state index in [1.54, 1.807) is 43.5 Å². The quantitative estimate of drug-likeness (QED) is 0.250. The molecule has 1 fully saturated rings. The number of para-hydroxylation sites is 2. The Balaban J connectivity index is 1.37. The van der Waals surface area contributed by atoms with Crippen LogP contribution in [0.15, 0.2) is 72.8 Å². The van der Waals surface area contributed by atoms with E-state index in [0.717, 1.165) is 18.7 Å². The zero-order chi connectivity index (χ0) is 26.7. The van der Waals surface area contributed by atoms with Crippen molar-refractivity contribution in [3.63, 3.8) is 0 Å². The van der Waals surface area contributed by atoms with Crippen molar-refractivity contribution in [3.05, 3.63) is 83.9 Å². The van der Waals surface area contributed by atoms with E-state index in [2.05, 4.69) is 10.2 Å². The molecule has 1 N–H and O–H groups in total. The van der Waals surface area contributed by atoms with Gasteiger partial charge >= 0.3 is 0 Å². The number of carbonyl (C=O) groups is 2. The van der Waals surface area contributed by atoms with E-state index in [0.29, 0.717) is 35.1 Å². The van der Waals surface area contributed by atoms with Gasteiger partial charge in [-0.3, -0.25) is 9.59 Å². The third kappa shape index (κ3) is 7.16. The number of benzene rings is 3. The van der Waals surface area contributed by atoms with Crippen LogP contribution in [0.1, 0.15) is 42.1 Å². The number of hydrogen-bond acceptors (Lipinski definition) is 6. The van der Waals surface area contributed by atoms with Gasteiger partial charge in [-0.25, -0.2) is 0 Å². The summed E-state index contributed by atoms with van der Waals surface area (Å²) < 4.78 is 16.7. The third-order valence-electron chi connectivity index (χ3n) is 6.31. The van der Waals surface area contributed by atoms with Crippen molar-refractivity contribution >= 4 is 29.1 Å². The second kappa shape index (κ2) is 13.3. The summed E-state index contributed by atoms with van der Waals surface area (Å²) in [4.78, 5) is 27.5. The molecule has 1 heterocycles. The van der Waals surface area contributed by atoms with Gasteiger partial charge in [-0.05, 0) is 86.4 Å². The van der Waals surface area contributed by atoms with Gasteiger partial charge < -0.3 is 24.4 Å². The molecule has 7 nitrogen and oxygen atoms in total. The van der Waals surface area contributed by atoms with Crippen LogP contribution in [0.3, 0.4) is 0 Å². The first-order chi connectivity index (χ1) is 18.6. The Bertz CT molecular complexity index is 1260. The van der Waals surface area contributed by atoms with Gasteiger partial charge in [-0.1, -0.05) is 24.3 Å². The number of allylic oxidation sites excluding steroid dienone is 1. The molecule has 0 radical (unpaired) electrons. The standard InChI is InChI=1S/C31H34N2O5/c1-3-37-30-21-23(11-17-27(34)24-13-15-25(16-14-24)33-19-7-4-8-20-33)12-18-29(30)38-22-31(35)32-26-9-5-6-10-28(26)36-2/h5-6,9-18,21H,3-4,7-8,19-20,22H2,1-2H3,(H,32,35)/b17-11+. The van der Waals surface area contributed by atoms with Gasteiger partial charge in [-0.2, -0.15) is 0 Å². The van der Waals surface area contributed by atoms with Gasteiger partial charge in [-0.15, -0.1) is 0 Å². The Hall–Kier alpha value is -4.26. The fourth-order valence-electron chi connectivity index (χ4n) is 4.35. The zero-order valence-electron chi connectivity index (χ0n) is 21.9. The number of methoxy groups -OCH3 is 1. The number of carbonyl (C=O) groups excluding carboxylic acids is 2. The van der Waals surface area contributed by atoms with E-state index >= 15 is 0 Å². The third-order valence-corrected chi connectivity index (χ3v) is 6.31. The first-order valence-corrected chi connectivity index (χ1v) is 13.0. The summed E-state index contributed by atoms with van der Waals surface area (Å²) in [5, 5.41) is 2.78. The highest BCUT2D eigenvalue weighted by Crippen LogP contribution is 2.30. The molecule has 0 saturated carbocycles. The van der Waals surface area contributed by atoms with Crippen LogP contribution in [-0.2, 0) is 4.79 Å². The Labute approximate surface area is 224 Å². The number of ketones is 1. The van der Waals surface area contributed by atoms with Crippen LogP contribution >= 0.6 is 0 Å². The minimum atomic E-state index is -0.321. The van der Waals surface area contributed by atoms with Crippen LogP contribution < -0.4 is 24.4 Å². The van der Waals surface area contributed by atoms with Crippen molar-refractivity contribution in [1.29, 1.82) is 0 Å². The Kier molecular flexibility index (Phi) is 9.40. The van der Waals surface area contributed by atoms with Crippen molar-refractivity contribution < 1.29 is 23.8 Å². The van der Waals surface area contributed by atoms with E-state index in [1.807, 2.05) is 49.4 Å². The Morgan fingerprint density at radius 3 is 2.39 bits per heavy atom. The van der Waals surface area contributed by atoms with Crippen LogP contribution in [-0.4, -0.2) is 45.1 Å². The molecule has 4 rings (SSSR count). The average molecular weight is 515 g/mol. The van der Waals surface area contributed by atoms with Crippen molar-refractivity contribution in [2.75, 3.05) is 43.6 Å². The fraction of sp³-hybridized carbons (Fsp3) is 0.290. The number of nitrogens with one attached hydrogen (secondary N) is 1. The predicted molar refractivity (Wildman–Crippen MR) is 151 cm³/mol. The van der Waals surface area contributed by atoms with Crippen LogP contribution in [0.25, 0.3) is 6.08 Å². The predicted octanol–water partition coefficient (Wildman–Crippen LogP) is 6.00. The molecule has 1 aliphatic heterocycles. The molecular weight excluding hydrogens is 480 g/mol. The van der Waals surface area contributed by atoms with Crippen LogP contribution in [0, 0.1) is 0 Å². The van der Waals surface area contributed by atoms with Crippen LogP contribution in [0.4, 0.5) is 11.4 Å². The lowest BCUT2D eigenvalue weighted by Crippen LogP contribution is -2.29. The number of piperidine rings is 1. The number of hydrogen-bond donors (Lipinski definition) is 1. The van der Waals surface area contributed by atoms with Crippen molar-refractivity contribution in [1.82, 2.24) is 0 Å². The average Bonchev–Trinajstić information content (AvgIpc) is 2.96. The Morgan fingerprint density at radius 2 is 1.66 bits per heavy atom. The van der Waals surface area contributed by atoms with Crippen molar-refractivity contribution in [2.45, 2.75) is 26.2 Å². The van der Waals surface area contributed by atoms with E-state index in [1.165, 1.54) is 24.9 Å². The number of nitrogens with zero attached hydrogens (tertiary/aromatic N) is 1. The molecule has 0 unspecified atom stereocenters. The van der Waals surface area contributed by atoms with Gasteiger partial charge in [0.05, 0.1) is 19.4 Å². The SMILES string of the molecule is CCOc1cc(/C=C/C(=O)c2ccc(N3CCCCC3)cc2)ccc1OCC(=O)Nc1ccccc1OC. The van der Waals surface area contributed by atoms with Crippen LogP contribution in [0.5, 0.6) is 17.2 Å². The van der Waals surface area contributed by atoms with Gasteiger partial charge in [0.1, 0.15) is 5.75 Å². The number of anilines is 2. The topological polar surface area (TPSA) is 77.1 Å². The summed E-state index contributed by atoms with van der Waals surface area (Å²) in [5.41, 5.74) is 3.17. The molecule has 0 aromatic heterocycles. The molecule has 1 aliphatic rings. The van der Waals surface area contributed by atoms with Gasteiger partial charge in [0.15, 0.2) is 23.9 Å². The minimum absolute atomic E-state index is 0.0681. The summed E-state index contributed by atoms with van der Waals surface area (Å²) in [6, 6.07) is 20.3. The normalized spacial score (nSPS) is 13.3. The monoisotopic (exact) mass is 514 g/mol. The van der Waals surface area contributed by atoms with E-state index in [4.69, 9.17) is 14.2 Å². The van der Waals surface area contributed by atoms with Gasteiger partial charge in [0.2, 0.25) is 0 Å². The Morgan fingerprint density at radius 1 is 0.895 bits per heavy atom. The van der Waals surface area contributed by atoms with E-state index < -0.39 is 0 Å². The van der Waals surface area contributed by atoms with E-state index in [-0.39, 0.29) is 18.3 Å². The number of ether oxygens (including phenoxy) is 3. The highest BCUT2D eigenvalue weighted by molar-refractivity contribution is 6.07. The summed E-state index contributed by atoms with van der Waals surface area (Å²) >= 11 is 0. The van der Waals surface area contributed by atoms with Crippen LogP contribution in [0.2, 0.25) is 0 Å². The van der Waals surface area contributed by atoms with Crippen molar-refractivity contribution in [3.8, 4) is 17.2 Å². The molecule has 1 saturated heterocycles. The molecule has 3 aromatic carbocycles. The molecule has 0 bridgehead atoms. The van der Waals surface area contributed by atoms with Crippen molar-refractivity contribution in [2.24, 2.45) is 0 Å². The maximum Gasteiger partial charge on any atom is 0.262 e. The summed E-state index contributed by atoms with van der Waals surface area (Å²) in [6.45, 7) is 4.25. The summed E-state index contributed by atoms with van der Waals surface area (Å²) in [6.07, 6.45) is 7.03.